The number of hydrogen-bond donors (Lipinski definition) is 0. The van der Waals surface area contributed by atoms with E-state index in [2.05, 4.69) is 541 Å². The summed E-state index contributed by atoms with van der Waals surface area (Å²) in [6, 6.07) is 191. The van der Waals surface area contributed by atoms with Crippen LogP contribution in [0.3, 0.4) is 0 Å². The van der Waals surface area contributed by atoms with E-state index in [-0.39, 0.29) is 0 Å². The lowest BCUT2D eigenvalue weighted by Crippen LogP contribution is -2.74. The Morgan fingerprint density at radius 3 is 0.711 bits per heavy atom. The van der Waals surface area contributed by atoms with Crippen molar-refractivity contribution in [3.8, 4) is 11.4 Å². The topological polar surface area (TPSA) is 16.3 Å². The first-order valence-electron chi connectivity index (χ1n) is 41.7. The van der Waals surface area contributed by atoms with E-state index < -0.39 is 18.9 Å². The summed E-state index contributed by atoms with van der Waals surface area (Å²) < 4.78 is 4.88. The average Bonchev–Trinajstić information content (AvgIpc) is 1.53. The molecule has 0 saturated carbocycles. The molecular formula is C116H86N4Si. The highest BCUT2D eigenvalue weighted by Crippen LogP contribution is 2.50. The molecule has 0 atom stereocenters. The summed E-state index contributed by atoms with van der Waals surface area (Å²) in [5.74, 6) is 0. The molecule has 0 radical (unpaired) electrons. The smallest absolute Gasteiger partial charge is 0.179 e. The van der Waals surface area contributed by atoms with Crippen LogP contribution in [-0.2, 0) is 10.8 Å². The monoisotopic (exact) mass is 1560 g/mol. The van der Waals surface area contributed by atoms with Crippen molar-refractivity contribution >= 4 is 107 Å². The second-order valence-electron chi connectivity index (χ2n) is 31.0. The zero-order valence-corrected chi connectivity index (χ0v) is 67.9. The number of nitrogens with zero attached hydrogens (tertiary/aromatic N) is 4. The summed E-state index contributed by atoms with van der Waals surface area (Å²) in [7, 11) is -2.81. The van der Waals surface area contributed by atoms with Gasteiger partial charge in [-0.05, 0) is 187 Å². The summed E-state index contributed by atoms with van der Waals surface area (Å²) in [6.45, 7) is 0. The van der Waals surface area contributed by atoms with E-state index in [1.54, 1.807) is 0 Å². The summed E-state index contributed by atoms with van der Waals surface area (Å²) in [4.78, 5) is 4.77. The fourth-order valence-corrected chi connectivity index (χ4v) is 24.0. The molecule has 0 aliphatic rings. The molecule has 0 amide bonds. The van der Waals surface area contributed by atoms with Crippen LogP contribution in [0, 0.1) is 0 Å². The summed E-state index contributed by atoms with van der Waals surface area (Å²) >= 11 is 0. The fourth-order valence-electron chi connectivity index (χ4n) is 19.2. The molecule has 121 heavy (non-hydrogen) atoms. The minimum Gasteiger partial charge on any atom is -0.310 e. The molecule has 574 valence electrons. The second kappa shape index (κ2) is 32.9. The van der Waals surface area contributed by atoms with Crippen molar-refractivity contribution in [2.24, 2.45) is 0 Å². The molecule has 0 bridgehead atoms. The van der Waals surface area contributed by atoms with Gasteiger partial charge in [0.05, 0.1) is 32.9 Å². The van der Waals surface area contributed by atoms with Crippen LogP contribution in [0.2, 0.25) is 0 Å². The average molecular weight is 1560 g/mol. The molecule has 0 aliphatic heterocycles. The van der Waals surface area contributed by atoms with Crippen LogP contribution < -0.4 is 30.5 Å². The lowest BCUT2D eigenvalue weighted by molar-refractivity contribution is 0.744. The van der Waals surface area contributed by atoms with Crippen LogP contribution in [0.1, 0.15) is 44.5 Å². The van der Waals surface area contributed by atoms with E-state index in [1.807, 2.05) is 0 Å². The summed E-state index contributed by atoms with van der Waals surface area (Å²) in [5, 5.41) is 10.2. The number of hydrogen-bond acceptors (Lipinski definition) is 2. The SMILES string of the molecule is c1ccc(N(c2cccc([Si](c3ccccc3)(c3ccccc3)c3ccccc3)c2)c2ccc3c(c2)c2ccccc2n3-c2cccc(C(c3ccccc3)(c3ccccc3)c3ccccc3)c2)cc1.c1ccc(N(c2ccccc2)c2ccc3c(c2)c2ccccc2n3-c2cccc(C(c3ccccc3)(c3ccccc3)c3ccccc3)c2)cc1. The third kappa shape index (κ3) is 13.4. The Morgan fingerprint density at radius 2 is 0.388 bits per heavy atom. The van der Waals surface area contributed by atoms with Crippen molar-refractivity contribution in [3.63, 3.8) is 0 Å². The Kier molecular flexibility index (Phi) is 20.3. The number of rotatable bonds is 20. The van der Waals surface area contributed by atoms with Gasteiger partial charge >= 0.3 is 0 Å². The number of aromatic nitrogens is 2. The maximum atomic E-state index is 2.46. The van der Waals surface area contributed by atoms with Crippen LogP contribution >= 0.6 is 0 Å². The van der Waals surface area contributed by atoms with Crippen molar-refractivity contribution in [1.82, 2.24) is 9.13 Å². The molecule has 0 N–H and O–H groups in total. The van der Waals surface area contributed by atoms with Gasteiger partial charge < -0.3 is 18.9 Å². The van der Waals surface area contributed by atoms with Crippen LogP contribution in [0.4, 0.5) is 34.1 Å². The van der Waals surface area contributed by atoms with E-state index in [0.717, 1.165) is 56.5 Å². The molecule has 0 aliphatic carbocycles. The molecule has 0 unspecified atom stereocenters. The van der Waals surface area contributed by atoms with Crippen molar-refractivity contribution < 1.29 is 0 Å². The Balaban J connectivity index is 0.000000162. The van der Waals surface area contributed by atoms with Gasteiger partial charge in [-0.15, -0.1) is 0 Å². The first kappa shape index (κ1) is 74.4. The Morgan fingerprint density at radius 1 is 0.157 bits per heavy atom. The number of para-hydroxylation sites is 5. The molecule has 21 aromatic rings. The van der Waals surface area contributed by atoms with E-state index >= 15 is 0 Å². The quantitative estimate of drug-likeness (QED) is 0.0559. The number of anilines is 6. The standard InChI is InChI=1S/C67H50N2Si.C49H36N2/c1-8-26-51(27-9-1)67(52-28-10-2-11-29-52,53-30-12-3-13-31-53)54-32-24-35-56(48-54)69-65-45-23-22-44-63(65)64-50-58(46-47-66(64)69)68(55-33-14-4-15-34-55)57-36-25-43-62(49-57)70(59-37-16-5-17-38-59,60-39-18-6-19-40-60)61-41-20-7-21-42-61;1-6-19-37(20-7-1)49(38-21-8-2-9-22-38,39-23-10-3-11-24-39)40-25-18-30-43(35-40)51-47-32-17-16-31-45(47)46-36-44(33-34-48(46)51)50(41-26-12-4-13-27-41)42-28-14-5-15-29-42/h1-50H;1-36H. The molecule has 21 rings (SSSR count). The fraction of sp³-hybridized carbons (Fsp3) is 0.0172. The van der Waals surface area contributed by atoms with Crippen molar-refractivity contribution in [1.29, 1.82) is 0 Å². The maximum Gasteiger partial charge on any atom is 0.179 e. The normalized spacial score (nSPS) is 11.6. The number of fused-ring (bicyclic) bond motifs is 6. The van der Waals surface area contributed by atoms with Gasteiger partial charge in [-0.2, -0.15) is 0 Å². The minimum atomic E-state index is -2.81. The van der Waals surface area contributed by atoms with Gasteiger partial charge in [0.25, 0.3) is 0 Å². The molecule has 4 nitrogen and oxygen atoms in total. The predicted molar refractivity (Wildman–Crippen MR) is 511 cm³/mol. The van der Waals surface area contributed by atoms with Crippen LogP contribution in [-0.4, -0.2) is 17.2 Å². The molecule has 0 fully saturated rings. The van der Waals surface area contributed by atoms with E-state index in [4.69, 9.17) is 0 Å². The van der Waals surface area contributed by atoms with Gasteiger partial charge in [-0.1, -0.05) is 400 Å². The van der Waals surface area contributed by atoms with Gasteiger partial charge in [0.1, 0.15) is 0 Å². The first-order valence-corrected chi connectivity index (χ1v) is 43.7. The highest BCUT2D eigenvalue weighted by molar-refractivity contribution is 7.20. The lowest BCUT2D eigenvalue weighted by Gasteiger charge is -2.37. The highest BCUT2D eigenvalue weighted by atomic mass is 28.3. The van der Waals surface area contributed by atoms with Crippen LogP contribution in [0.5, 0.6) is 0 Å². The van der Waals surface area contributed by atoms with E-state index in [0.29, 0.717) is 0 Å². The molecule has 19 aromatic carbocycles. The molecule has 5 heteroatoms. The third-order valence-corrected chi connectivity index (χ3v) is 29.1. The summed E-state index contributed by atoms with van der Waals surface area (Å²) in [6.07, 6.45) is 0. The Hall–Kier alpha value is -15.4. The lowest BCUT2D eigenvalue weighted by atomic mass is 9.65. The second-order valence-corrected chi connectivity index (χ2v) is 34.8. The molecule has 0 spiro atoms. The third-order valence-electron chi connectivity index (χ3n) is 24.3. The molecular weight excluding hydrogens is 1480 g/mol. The highest BCUT2D eigenvalue weighted by Gasteiger charge is 2.43. The van der Waals surface area contributed by atoms with Crippen molar-refractivity contribution in [2.75, 3.05) is 9.80 Å². The minimum absolute atomic E-state index is 0.530. The first-order chi connectivity index (χ1) is 60.1. The van der Waals surface area contributed by atoms with Gasteiger partial charge in [0.15, 0.2) is 8.07 Å². The predicted octanol–water partition coefficient (Wildman–Crippen LogP) is 26.6. The van der Waals surface area contributed by atoms with Crippen LogP contribution in [0.15, 0.2) is 522 Å². The van der Waals surface area contributed by atoms with Crippen molar-refractivity contribution in [3.05, 3.63) is 566 Å². The largest absolute Gasteiger partial charge is 0.310 e. The number of benzene rings is 19. The van der Waals surface area contributed by atoms with Gasteiger partial charge in [-0.25, -0.2) is 0 Å². The zero-order valence-electron chi connectivity index (χ0n) is 66.9. The molecule has 2 heterocycles. The van der Waals surface area contributed by atoms with E-state index in [9.17, 15) is 0 Å². The van der Waals surface area contributed by atoms with Crippen LogP contribution in [0.25, 0.3) is 55.0 Å². The van der Waals surface area contributed by atoms with Gasteiger partial charge in [0, 0.05) is 67.0 Å². The zero-order chi connectivity index (χ0) is 80.8. The van der Waals surface area contributed by atoms with Gasteiger partial charge in [0.2, 0.25) is 0 Å². The molecule has 2 aromatic heterocycles. The molecule has 0 saturated heterocycles. The van der Waals surface area contributed by atoms with Gasteiger partial charge in [-0.3, -0.25) is 0 Å². The Bertz CT molecular complexity index is 6770. The van der Waals surface area contributed by atoms with Crippen molar-refractivity contribution in [2.45, 2.75) is 10.8 Å². The Labute approximate surface area is 709 Å². The maximum absolute atomic E-state index is 2.81. The van der Waals surface area contributed by atoms with E-state index in [1.165, 1.54) is 97.8 Å². The summed E-state index contributed by atoms with van der Waals surface area (Å²) in [5.41, 5.74) is 22.2.